The van der Waals surface area contributed by atoms with E-state index in [1.807, 2.05) is 23.0 Å². The monoisotopic (exact) mass is 254 g/mol. The van der Waals surface area contributed by atoms with Gasteiger partial charge in [-0.15, -0.1) is 0 Å². The van der Waals surface area contributed by atoms with Gasteiger partial charge in [-0.05, 0) is 11.6 Å². The molecule has 4 nitrogen and oxygen atoms in total. The summed E-state index contributed by atoms with van der Waals surface area (Å²) in [4.78, 5) is 4.42. The fourth-order valence-corrected chi connectivity index (χ4v) is 2.05. The lowest BCUT2D eigenvalue weighted by Gasteiger charge is -2.05. The quantitative estimate of drug-likeness (QED) is 0.721. The number of pyridine rings is 1. The van der Waals surface area contributed by atoms with Gasteiger partial charge in [-0.1, -0.05) is 24.3 Å². The van der Waals surface area contributed by atoms with Crippen molar-refractivity contribution in [2.45, 2.75) is 6.54 Å². The number of nitrogens with zero attached hydrogens (tertiary/aromatic N) is 4. The molecule has 0 bridgehead atoms. The molecule has 0 aliphatic rings. The Morgan fingerprint density at radius 1 is 1.17 bits per heavy atom. The van der Waals surface area contributed by atoms with E-state index in [4.69, 9.17) is 0 Å². The smallest absolute Gasteiger partial charge is 0.187 e. The molecule has 2 aromatic heterocycles. The van der Waals surface area contributed by atoms with Crippen LogP contribution in [0.3, 0.4) is 0 Å². The molecule has 0 atom stereocenters. The van der Waals surface area contributed by atoms with Crippen LogP contribution in [-0.2, 0) is 19.0 Å². The maximum Gasteiger partial charge on any atom is 0.187 e. The highest BCUT2D eigenvalue weighted by Gasteiger charge is 2.03. The van der Waals surface area contributed by atoms with E-state index in [0.717, 1.165) is 16.5 Å². The third kappa shape index (κ3) is 2.00. The van der Waals surface area contributed by atoms with Gasteiger partial charge in [0, 0.05) is 36.3 Å². The molecule has 5 heteroatoms. The number of aromatic nitrogens is 3. The molecule has 0 amide bonds. The average molecular weight is 254 g/mol. The van der Waals surface area contributed by atoms with Crippen LogP contribution >= 0.6 is 0 Å². The fraction of sp³-hybridized carbons (Fsp3) is 0.0769. The summed E-state index contributed by atoms with van der Waals surface area (Å²) in [5, 5.41) is 5.38. The highest BCUT2D eigenvalue weighted by Crippen LogP contribution is 2.17. The summed E-state index contributed by atoms with van der Waals surface area (Å²) in [6.07, 6.45) is 3.67. The van der Waals surface area contributed by atoms with Crippen LogP contribution in [0.5, 0.6) is 0 Å². The lowest BCUT2D eigenvalue weighted by molar-refractivity contribution is 0.691. The van der Waals surface area contributed by atoms with Crippen LogP contribution in [0.25, 0.3) is 10.9 Å². The van der Waals surface area contributed by atoms with Crippen molar-refractivity contribution < 1.29 is 0 Å². The Hall–Kier alpha value is -2.14. The van der Waals surface area contributed by atoms with E-state index in [-0.39, 0.29) is 0 Å². The van der Waals surface area contributed by atoms with Gasteiger partial charge in [-0.25, -0.2) is 0 Å². The molecule has 88 valence electrons. The Morgan fingerprint density at radius 2 is 2.06 bits per heavy atom. The molecule has 3 aromatic rings. The molecule has 2 heterocycles. The van der Waals surface area contributed by atoms with Gasteiger partial charge in [-0.2, -0.15) is 9.46 Å². The van der Waals surface area contributed by atoms with Crippen molar-refractivity contribution in [3.05, 3.63) is 54.4 Å². The van der Waals surface area contributed by atoms with Crippen LogP contribution in [0.15, 0.2) is 53.2 Å². The first-order chi connectivity index (χ1) is 8.86. The predicted molar refractivity (Wildman–Crippen MR) is 72.5 cm³/mol. The molecule has 0 radical (unpaired) electrons. The molecule has 1 aromatic carbocycles. The van der Waals surface area contributed by atoms with Gasteiger partial charge in [0.1, 0.15) is 0 Å². The van der Waals surface area contributed by atoms with E-state index < -0.39 is 0 Å². The first kappa shape index (κ1) is 11.0. The molecule has 0 unspecified atom stereocenters. The summed E-state index contributed by atoms with van der Waals surface area (Å²) in [7, 11) is 0. The molecule has 0 aliphatic carbocycles. The SMILES string of the molecule is S=Nc1ccn(Cc2cccc3cccnc23)n1. The van der Waals surface area contributed by atoms with Crippen LogP contribution in [0.2, 0.25) is 0 Å². The highest BCUT2D eigenvalue weighted by molar-refractivity contribution is 7.47. The number of rotatable bonds is 3. The predicted octanol–water partition coefficient (Wildman–Crippen LogP) is 2.84. The Morgan fingerprint density at radius 3 is 2.89 bits per heavy atom. The van der Waals surface area contributed by atoms with Crippen molar-refractivity contribution >= 4 is 29.1 Å². The normalized spacial score (nSPS) is 10.7. The molecule has 0 aliphatic heterocycles. The van der Waals surface area contributed by atoms with Gasteiger partial charge in [0.25, 0.3) is 0 Å². The summed E-state index contributed by atoms with van der Waals surface area (Å²) in [5.41, 5.74) is 2.14. The third-order valence-electron chi connectivity index (χ3n) is 2.77. The number of fused-ring (bicyclic) bond motifs is 1. The molecular formula is C13H10N4S. The van der Waals surface area contributed by atoms with E-state index in [9.17, 15) is 0 Å². The minimum absolute atomic E-state index is 0.568. The summed E-state index contributed by atoms with van der Waals surface area (Å²) < 4.78 is 5.45. The lowest BCUT2D eigenvalue weighted by Crippen LogP contribution is -2.01. The zero-order valence-corrected chi connectivity index (χ0v) is 10.3. The molecule has 0 spiro atoms. The Bertz CT molecular complexity index is 700. The van der Waals surface area contributed by atoms with Crippen molar-refractivity contribution in [3.63, 3.8) is 0 Å². The number of para-hydroxylation sites is 1. The maximum atomic E-state index is 4.61. The van der Waals surface area contributed by atoms with Gasteiger partial charge in [0.05, 0.1) is 12.1 Å². The van der Waals surface area contributed by atoms with Crippen LogP contribution in [-0.4, -0.2) is 14.8 Å². The van der Waals surface area contributed by atoms with Gasteiger partial charge >= 0.3 is 0 Å². The first-order valence-electron chi connectivity index (χ1n) is 5.56. The Labute approximate surface area is 109 Å². The van der Waals surface area contributed by atoms with Crippen LogP contribution in [0.4, 0.5) is 5.82 Å². The number of hydrogen-bond donors (Lipinski definition) is 0. The van der Waals surface area contributed by atoms with Gasteiger partial charge in [-0.3, -0.25) is 9.67 Å². The minimum Gasteiger partial charge on any atom is -0.266 e. The maximum absolute atomic E-state index is 4.61. The summed E-state index contributed by atoms with van der Waals surface area (Å²) in [6, 6.07) is 11.9. The highest BCUT2D eigenvalue weighted by atomic mass is 32.1. The second-order valence-corrected chi connectivity index (χ2v) is 4.14. The first-order valence-corrected chi connectivity index (χ1v) is 5.93. The van der Waals surface area contributed by atoms with Crippen molar-refractivity contribution in [1.82, 2.24) is 14.8 Å². The van der Waals surface area contributed by atoms with E-state index in [1.54, 1.807) is 12.3 Å². The van der Waals surface area contributed by atoms with Gasteiger partial charge < -0.3 is 0 Å². The molecule has 3 rings (SSSR count). The van der Waals surface area contributed by atoms with E-state index in [2.05, 4.69) is 45.1 Å². The summed E-state index contributed by atoms with van der Waals surface area (Å²) in [5.74, 6) is 0.568. The number of benzene rings is 1. The van der Waals surface area contributed by atoms with Gasteiger partial charge in [0.2, 0.25) is 0 Å². The van der Waals surface area contributed by atoms with Crippen molar-refractivity contribution in [1.29, 1.82) is 0 Å². The zero-order chi connectivity index (χ0) is 12.4. The van der Waals surface area contributed by atoms with Gasteiger partial charge in [0.15, 0.2) is 5.82 Å². The summed E-state index contributed by atoms with van der Waals surface area (Å²) >= 11 is 4.61. The van der Waals surface area contributed by atoms with E-state index >= 15 is 0 Å². The second kappa shape index (κ2) is 4.62. The zero-order valence-electron chi connectivity index (χ0n) is 9.52. The summed E-state index contributed by atoms with van der Waals surface area (Å²) in [6.45, 7) is 0.666. The lowest BCUT2D eigenvalue weighted by atomic mass is 10.1. The minimum atomic E-state index is 0.568. The molecule has 18 heavy (non-hydrogen) atoms. The Kier molecular flexibility index (Phi) is 2.82. The van der Waals surface area contributed by atoms with E-state index in [0.29, 0.717) is 12.4 Å². The molecular weight excluding hydrogens is 244 g/mol. The van der Waals surface area contributed by atoms with Crippen LogP contribution in [0, 0.1) is 0 Å². The second-order valence-electron chi connectivity index (χ2n) is 3.96. The Balaban J connectivity index is 2.01. The molecule has 0 fully saturated rings. The van der Waals surface area contributed by atoms with Crippen molar-refractivity contribution in [2.75, 3.05) is 0 Å². The van der Waals surface area contributed by atoms with Crippen LogP contribution in [0.1, 0.15) is 5.56 Å². The molecule has 0 N–H and O–H groups in total. The molecule has 0 saturated carbocycles. The third-order valence-corrected chi connectivity index (χ3v) is 2.96. The standard InChI is InChI=1S/C13H10N4S/c18-16-12-6-8-17(15-12)9-11-4-1-3-10-5-2-7-14-13(10)11/h1-8H,9H2. The van der Waals surface area contributed by atoms with E-state index in [1.165, 1.54) is 0 Å². The largest absolute Gasteiger partial charge is 0.266 e. The molecule has 0 saturated heterocycles. The fourth-order valence-electron chi connectivity index (χ4n) is 1.96. The topological polar surface area (TPSA) is 43.1 Å². The van der Waals surface area contributed by atoms with Crippen LogP contribution < -0.4 is 0 Å². The van der Waals surface area contributed by atoms with Crippen molar-refractivity contribution in [3.8, 4) is 0 Å². The average Bonchev–Trinajstić information content (AvgIpc) is 2.87. The van der Waals surface area contributed by atoms with Crippen molar-refractivity contribution in [2.24, 2.45) is 4.36 Å². The number of hydrogen-bond acceptors (Lipinski definition) is 4.